The highest BCUT2D eigenvalue weighted by Gasteiger charge is 2.11. The average Bonchev–Trinajstić information content (AvgIpc) is 2.51. The standard InChI is InChI=1S/C18H16N2O/c1-12-6-3-9-16(13(12)2)20-18(21)15-7-4-10-17-14(15)8-5-11-19-17/h3-11H,1-2H3,(H,20,21). The van der Waals surface area contributed by atoms with Crippen LogP contribution in [-0.4, -0.2) is 10.9 Å². The van der Waals surface area contributed by atoms with Crippen molar-refractivity contribution in [1.29, 1.82) is 0 Å². The van der Waals surface area contributed by atoms with Crippen LogP contribution >= 0.6 is 0 Å². The van der Waals surface area contributed by atoms with Crippen molar-refractivity contribution in [1.82, 2.24) is 4.98 Å². The van der Waals surface area contributed by atoms with Gasteiger partial charge in [-0.15, -0.1) is 0 Å². The van der Waals surface area contributed by atoms with E-state index >= 15 is 0 Å². The number of aromatic nitrogens is 1. The molecule has 0 unspecified atom stereocenters. The number of carbonyl (C=O) groups is 1. The first-order valence-electron chi connectivity index (χ1n) is 6.88. The zero-order chi connectivity index (χ0) is 14.8. The van der Waals surface area contributed by atoms with E-state index < -0.39 is 0 Å². The van der Waals surface area contributed by atoms with Gasteiger partial charge in [-0.2, -0.15) is 0 Å². The molecule has 2 aromatic carbocycles. The summed E-state index contributed by atoms with van der Waals surface area (Å²) in [4.78, 5) is 16.8. The first-order valence-corrected chi connectivity index (χ1v) is 6.88. The molecule has 1 heterocycles. The maximum absolute atomic E-state index is 12.6. The number of aryl methyl sites for hydroxylation is 1. The lowest BCUT2D eigenvalue weighted by molar-refractivity contribution is 0.102. The molecule has 1 N–H and O–H groups in total. The quantitative estimate of drug-likeness (QED) is 0.765. The van der Waals surface area contributed by atoms with Gasteiger partial charge in [0, 0.05) is 22.8 Å². The van der Waals surface area contributed by atoms with Crippen LogP contribution in [0, 0.1) is 13.8 Å². The van der Waals surface area contributed by atoms with Crippen LogP contribution in [0.5, 0.6) is 0 Å². The fraction of sp³-hybridized carbons (Fsp3) is 0.111. The first kappa shape index (κ1) is 13.3. The number of rotatable bonds is 2. The van der Waals surface area contributed by atoms with Crippen molar-refractivity contribution in [3.05, 3.63) is 71.4 Å². The highest BCUT2D eigenvalue weighted by Crippen LogP contribution is 2.21. The number of pyridine rings is 1. The highest BCUT2D eigenvalue weighted by molar-refractivity contribution is 6.12. The Hall–Kier alpha value is -2.68. The van der Waals surface area contributed by atoms with Crippen molar-refractivity contribution in [3.63, 3.8) is 0 Å². The number of nitrogens with one attached hydrogen (secondary N) is 1. The van der Waals surface area contributed by atoms with Crippen molar-refractivity contribution in [2.24, 2.45) is 0 Å². The van der Waals surface area contributed by atoms with Crippen molar-refractivity contribution in [3.8, 4) is 0 Å². The van der Waals surface area contributed by atoms with E-state index in [1.807, 2.05) is 62.4 Å². The van der Waals surface area contributed by atoms with Crippen molar-refractivity contribution >= 4 is 22.5 Å². The van der Waals surface area contributed by atoms with Gasteiger partial charge >= 0.3 is 0 Å². The molecule has 0 bridgehead atoms. The van der Waals surface area contributed by atoms with Crippen molar-refractivity contribution in [2.45, 2.75) is 13.8 Å². The maximum Gasteiger partial charge on any atom is 0.256 e. The number of benzene rings is 2. The molecule has 3 heteroatoms. The second-order valence-electron chi connectivity index (χ2n) is 5.08. The lowest BCUT2D eigenvalue weighted by Gasteiger charge is -2.11. The average molecular weight is 276 g/mol. The van der Waals surface area contributed by atoms with E-state index in [0.717, 1.165) is 27.7 Å². The molecule has 0 fully saturated rings. The van der Waals surface area contributed by atoms with Crippen LogP contribution in [0.25, 0.3) is 10.9 Å². The summed E-state index contributed by atoms with van der Waals surface area (Å²) in [6, 6.07) is 15.2. The Morgan fingerprint density at radius 1 is 1.00 bits per heavy atom. The maximum atomic E-state index is 12.6. The molecule has 1 amide bonds. The zero-order valence-corrected chi connectivity index (χ0v) is 12.1. The van der Waals surface area contributed by atoms with E-state index in [-0.39, 0.29) is 5.91 Å². The Labute approximate surface area is 123 Å². The van der Waals surface area contributed by atoms with Crippen LogP contribution in [0.1, 0.15) is 21.5 Å². The summed E-state index contributed by atoms with van der Waals surface area (Å²) in [5.41, 5.74) is 4.56. The third kappa shape index (κ3) is 2.50. The molecule has 0 aliphatic carbocycles. The number of anilines is 1. The molecule has 3 nitrogen and oxygen atoms in total. The minimum Gasteiger partial charge on any atom is -0.322 e. The van der Waals surface area contributed by atoms with Crippen molar-refractivity contribution < 1.29 is 4.79 Å². The number of fused-ring (bicyclic) bond motifs is 1. The minimum atomic E-state index is -0.109. The van der Waals surface area contributed by atoms with E-state index in [2.05, 4.69) is 10.3 Å². The molecule has 3 aromatic rings. The Morgan fingerprint density at radius 2 is 1.81 bits per heavy atom. The molecule has 0 aliphatic heterocycles. The number of nitrogens with zero attached hydrogens (tertiary/aromatic N) is 1. The fourth-order valence-electron chi connectivity index (χ4n) is 2.38. The Bertz CT molecular complexity index is 819. The lowest BCUT2D eigenvalue weighted by Crippen LogP contribution is -2.13. The van der Waals surface area contributed by atoms with Gasteiger partial charge in [-0.1, -0.05) is 24.3 Å². The van der Waals surface area contributed by atoms with E-state index in [4.69, 9.17) is 0 Å². The molecule has 0 atom stereocenters. The van der Waals surface area contributed by atoms with Crippen LogP contribution in [0.4, 0.5) is 5.69 Å². The Morgan fingerprint density at radius 3 is 2.67 bits per heavy atom. The van der Waals surface area contributed by atoms with E-state index in [1.165, 1.54) is 0 Å². The molecule has 0 saturated carbocycles. The third-order valence-corrected chi connectivity index (χ3v) is 3.74. The molecule has 0 spiro atoms. The van der Waals surface area contributed by atoms with Gasteiger partial charge in [0.2, 0.25) is 0 Å². The Kier molecular flexibility index (Phi) is 3.40. The minimum absolute atomic E-state index is 0.109. The van der Waals surface area contributed by atoms with Gasteiger partial charge in [0.15, 0.2) is 0 Å². The predicted octanol–water partition coefficient (Wildman–Crippen LogP) is 4.10. The fourth-order valence-corrected chi connectivity index (χ4v) is 2.38. The summed E-state index contributed by atoms with van der Waals surface area (Å²) in [6.45, 7) is 4.04. The largest absolute Gasteiger partial charge is 0.322 e. The first-order chi connectivity index (χ1) is 10.2. The normalized spacial score (nSPS) is 10.6. The zero-order valence-electron chi connectivity index (χ0n) is 12.1. The summed E-state index contributed by atoms with van der Waals surface area (Å²) >= 11 is 0. The smallest absolute Gasteiger partial charge is 0.256 e. The van der Waals surface area contributed by atoms with Gasteiger partial charge in [0.1, 0.15) is 0 Å². The van der Waals surface area contributed by atoms with Gasteiger partial charge in [-0.05, 0) is 49.2 Å². The number of hydrogen-bond acceptors (Lipinski definition) is 2. The summed E-state index contributed by atoms with van der Waals surface area (Å²) in [6.07, 6.45) is 1.73. The van der Waals surface area contributed by atoms with E-state index in [9.17, 15) is 4.79 Å². The summed E-state index contributed by atoms with van der Waals surface area (Å²) < 4.78 is 0. The van der Waals surface area contributed by atoms with Crippen LogP contribution in [-0.2, 0) is 0 Å². The molecule has 0 radical (unpaired) electrons. The van der Waals surface area contributed by atoms with E-state index in [0.29, 0.717) is 5.56 Å². The molecule has 21 heavy (non-hydrogen) atoms. The lowest BCUT2D eigenvalue weighted by atomic mass is 10.1. The highest BCUT2D eigenvalue weighted by atomic mass is 16.1. The molecule has 1 aromatic heterocycles. The predicted molar refractivity (Wildman–Crippen MR) is 85.6 cm³/mol. The second kappa shape index (κ2) is 5.37. The second-order valence-corrected chi connectivity index (χ2v) is 5.08. The van der Waals surface area contributed by atoms with Gasteiger partial charge < -0.3 is 5.32 Å². The van der Waals surface area contributed by atoms with Crippen LogP contribution < -0.4 is 5.32 Å². The van der Waals surface area contributed by atoms with Gasteiger partial charge in [-0.3, -0.25) is 9.78 Å². The Balaban J connectivity index is 2.00. The van der Waals surface area contributed by atoms with Crippen molar-refractivity contribution in [2.75, 3.05) is 5.32 Å². The molecular weight excluding hydrogens is 260 g/mol. The molecule has 3 rings (SSSR count). The van der Waals surface area contributed by atoms with E-state index in [1.54, 1.807) is 6.20 Å². The molecule has 0 aliphatic rings. The molecule has 104 valence electrons. The summed E-state index contributed by atoms with van der Waals surface area (Å²) in [5.74, 6) is -0.109. The topological polar surface area (TPSA) is 42.0 Å². The number of hydrogen-bond donors (Lipinski definition) is 1. The van der Waals surface area contributed by atoms with Crippen LogP contribution in [0.3, 0.4) is 0 Å². The SMILES string of the molecule is Cc1cccc(NC(=O)c2cccc3ncccc23)c1C. The van der Waals surface area contributed by atoms with Gasteiger partial charge in [0.25, 0.3) is 5.91 Å². The van der Waals surface area contributed by atoms with Crippen LogP contribution in [0.15, 0.2) is 54.7 Å². The van der Waals surface area contributed by atoms with Crippen LogP contribution in [0.2, 0.25) is 0 Å². The molecule has 0 saturated heterocycles. The monoisotopic (exact) mass is 276 g/mol. The third-order valence-electron chi connectivity index (χ3n) is 3.74. The number of amides is 1. The van der Waals surface area contributed by atoms with Gasteiger partial charge in [0.05, 0.1) is 5.52 Å². The molecular formula is C18H16N2O. The number of carbonyl (C=O) groups excluding carboxylic acids is 1. The summed E-state index contributed by atoms with van der Waals surface area (Å²) in [5, 5.41) is 3.86. The summed E-state index contributed by atoms with van der Waals surface area (Å²) in [7, 11) is 0. The van der Waals surface area contributed by atoms with Gasteiger partial charge in [-0.25, -0.2) is 0 Å².